The summed E-state index contributed by atoms with van der Waals surface area (Å²) in [5.74, 6) is 0. The van der Waals surface area contributed by atoms with Crippen molar-refractivity contribution in [1.29, 1.82) is 0 Å². The van der Waals surface area contributed by atoms with Crippen molar-refractivity contribution in [3.8, 4) is 0 Å². The number of aliphatic hydroxyl groups is 4. The maximum atomic E-state index is 9.23. The van der Waals surface area contributed by atoms with Crippen LogP contribution in [0, 0.1) is 0 Å². The summed E-state index contributed by atoms with van der Waals surface area (Å²) in [7, 11) is 0. The largest absolute Gasteiger partial charge is 0.395 e. The fourth-order valence-electron chi connectivity index (χ4n) is 1.70. The monoisotopic (exact) mass is 270 g/mol. The lowest BCUT2D eigenvalue weighted by molar-refractivity contribution is 0.105. The normalized spacial score (nSPS) is 12.2. The number of hydrogen-bond donors (Lipinski definition) is 5. The molecule has 1 aromatic rings. The van der Waals surface area contributed by atoms with Crippen molar-refractivity contribution < 1.29 is 20.4 Å². The number of aliphatic hydroxyl groups excluding tert-OH is 4. The third-order valence-corrected chi connectivity index (χ3v) is 2.72. The number of nitrogens with one attached hydrogen (secondary N) is 1. The van der Waals surface area contributed by atoms with Gasteiger partial charge >= 0.3 is 0 Å². The Kier molecular flexibility index (Phi) is 7.20. The van der Waals surface area contributed by atoms with Gasteiger partial charge in [0.2, 0.25) is 0 Å². The molecule has 108 valence electrons. The topological polar surface area (TPSA) is 96.2 Å². The van der Waals surface area contributed by atoms with Crippen LogP contribution in [0.3, 0.4) is 0 Å². The van der Waals surface area contributed by atoms with Crippen LogP contribution in [-0.4, -0.2) is 66.0 Å². The molecule has 5 N–H and O–H groups in total. The Hall–Kier alpha value is -1.34. The zero-order valence-electron chi connectivity index (χ0n) is 10.9. The van der Waals surface area contributed by atoms with E-state index in [-0.39, 0.29) is 26.4 Å². The standard InChI is InChI=1S/C13H22N2O4/c16-7-5-15(6-8-17)12-3-1-11(2-4-12)14-9-13(19)10-18/h1-4,13-14,16-19H,5-10H2. The maximum absolute atomic E-state index is 9.23. The SMILES string of the molecule is OCCN(CCO)c1ccc(NCC(O)CO)cc1. The molecule has 6 heteroatoms. The van der Waals surface area contributed by atoms with E-state index in [2.05, 4.69) is 5.32 Å². The molecule has 6 nitrogen and oxygen atoms in total. The van der Waals surface area contributed by atoms with Crippen LogP contribution in [0.2, 0.25) is 0 Å². The van der Waals surface area contributed by atoms with E-state index in [1.165, 1.54) is 0 Å². The van der Waals surface area contributed by atoms with Crippen molar-refractivity contribution in [2.45, 2.75) is 6.10 Å². The van der Waals surface area contributed by atoms with E-state index < -0.39 is 6.10 Å². The van der Waals surface area contributed by atoms with Gasteiger partial charge in [0.25, 0.3) is 0 Å². The average Bonchev–Trinajstić information content (AvgIpc) is 2.45. The Bertz CT molecular complexity index is 339. The van der Waals surface area contributed by atoms with Crippen LogP contribution in [0.1, 0.15) is 0 Å². The van der Waals surface area contributed by atoms with Gasteiger partial charge < -0.3 is 30.6 Å². The Morgan fingerprint density at radius 3 is 2.05 bits per heavy atom. The highest BCUT2D eigenvalue weighted by atomic mass is 16.3. The number of anilines is 2. The fourth-order valence-corrected chi connectivity index (χ4v) is 1.70. The predicted octanol–water partition coefficient (Wildman–Crippen LogP) is -0.757. The second kappa shape index (κ2) is 8.71. The van der Waals surface area contributed by atoms with Crippen molar-refractivity contribution in [2.24, 2.45) is 0 Å². The Balaban J connectivity index is 2.58. The summed E-state index contributed by atoms with van der Waals surface area (Å²) in [5.41, 5.74) is 1.75. The summed E-state index contributed by atoms with van der Waals surface area (Å²) in [5, 5.41) is 38.9. The third-order valence-electron chi connectivity index (χ3n) is 2.72. The van der Waals surface area contributed by atoms with Crippen LogP contribution >= 0.6 is 0 Å². The number of nitrogens with zero attached hydrogens (tertiary/aromatic N) is 1. The van der Waals surface area contributed by atoms with Crippen LogP contribution in [-0.2, 0) is 0 Å². The molecule has 0 spiro atoms. The molecule has 1 atom stereocenters. The van der Waals surface area contributed by atoms with Gasteiger partial charge in [-0.1, -0.05) is 0 Å². The van der Waals surface area contributed by atoms with Crippen LogP contribution in [0.5, 0.6) is 0 Å². The minimum atomic E-state index is -0.778. The van der Waals surface area contributed by atoms with Gasteiger partial charge in [-0.15, -0.1) is 0 Å². The second-order valence-electron chi connectivity index (χ2n) is 4.20. The molecule has 0 aromatic heterocycles. The van der Waals surface area contributed by atoms with E-state index in [4.69, 9.17) is 15.3 Å². The number of benzene rings is 1. The minimum Gasteiger partial charge on any atom is -0.395 e. The van der Waals surface area contributed by atoms with Gasteiger partial charge in [0.05, 0.1) is 25.9 Å². The van der Waals surface area contributed by atoms with Gasteiger partial charge in [0, 0.05) is 31.0 Å². The van der Waals surface area contributed by atoms with Crippen molar-refractivity contribution >= 4 is 11.4 Å². The summed E-state index contributed by atoms with van der Waals surface area (Å²) < 4.78 is 0. The molecule has 1 aromatic carbocycles. The first-order chi connectivity index (χ1) is 9.21. The van der Waals surface area contributed by atoms with Gasteiger partial charge in [-0.05, 0) is 24.3 Å². The zero-order chi connectivity index (χ0) is 14.1. The molecule has 19 heavy (non-hydrogen) atoms. The molecule has 0 radical (unpaired) electrons. The van der Waals surface area contributed by atoms with Crippen LogP contribution < -0.4 is 10.2 Å². The lowest BCUT2D eigenvalue weighted by atomic mass is 10.2. The molecule has 0 fully saturated rings. The quantitative estimate of drug-likeness (QED) is 0.405. The molecule has 0 amide bonds. The predicted molar refractivity (Wildman–Crippen MR) is 74.4 cm³/mol. The first-order valence-electron chi connectivity index (χ1n) is 6.30. The molecule has 0 saturated carbocycles. The van der Waals surface area contributed by atoms with E-state index in [9.17, 15) is 5.11 Å². The molecular weight excluding hydrogens is 248 g/mol. The molecule has 1 rings (SSSR count). The summed E-state index contributed by atoms with van der Waals surface area (Å²) >= 11 is 0. The molecule has 0 aliphatic heterocycles. The minimum absolute atomic E-state index is 0.0305. The summed E-state index contributed by atoms with van der Waals surface area (Å²) in [4.78, 5) is 1.88. The van der Waals surface area contributed by atoms with Crippen LogP contribution in [0.25, 0.3) is 0 Å². The summed E-state index contributed by atoms with van der Waals surface area (Å²) in [6, 6.07) is 7.44. The van der Waals surface area contributed by atoms with Gasteiger partial charge in [-0.2, -0.15) is 0 Å². The highest BCUT2D eigenvalue weighted by Crippen LogP contribution is 2.17. The lowest BCUT2D eigenvalue weighted by Gasteiger charge is -2.23. The smallest absolute Gasteiger partial charge is 0.0942 e. The number of rotatable bonds is 9. The van der Waals surface area contributed by atoms with Crippen LogP contribution in [0.15, 0.2) is 24.3 Å². The van der Waals surface area contributed by atoms with E-state index in [1.54, 1.807) is 0 Å². The molecule has 0 heterocycles. The van der Waals surface area contributed by atoms with E-state index in [1.807, 2.05) is 29.2 Å². The Morgan fingerprint density at radius 1 is 1.00 bits per heavy atom. The number of hydrogen-bond acceptors (Lipinski definition) is 6. The van der Waals surface area contributed by atoms with E-state index in [0.29, 0.717) is 13.1 Å². The second-order valence-corrected chi connectivity index (χ2v) is 4.20. The van der Waals surface area contributed by atoms with Gasteiger partial charge in [0.1, 0.15) is 0 Å². The van der Waals surface area contributed by atoms with Crippen molar-refractivity contribution in [3.05, 3.63) is 24.3 Å². The third kappa shape index (κ3) is 5.44. The Labute approximate surface area is 112 Å². The first kappa shape index (κ1) is 15.7. The molecular formula is C13H22N2O4. The molecule has 0 saturated heterocycles. The fraction of sp³-hybridized carbons (Fsp3) is 0.538. The average molecular weight is 270 g/mol. The Morgan fingerprint density at radius 2 is 1.58 bits per heavy atom. The lowest BCUT2D eigenvalue weighted by Crippen LogP contribution is -2.29. The molecule has 0 aliphatic rings. The molecule has 1 unspecified atom stereocenters. The summed E-state index contributed by atoms with van der Waals surface area (Å²) in [6.07, 6.45) is -0.778. The molecule has 0 bridgehead atoms. The van der Waals surface area contributed by atoms with Crippen LogP contribution in [0.4, 0.5) is 11.4 Å². The first-order valence-corrected chi connectivity index (χ1v) is 6.30. The van der Waals surface area contributed by atoms with E-state index >= 15 is 0 Å². The van der Waals surface area contributed by atoms with E-state index in [0.717, 1.165) is 11.4 Å². The van der Waals surface area contributed by atoms with Crippen molar-refractivity contribution in [1.82, 2.24) is 0 Å². The van der Waals surface area contributed by atoms with Gasteiger partial charge in [-0.3, -0.25) is 0 Å². The maximum Gasteiger partial charge on any atom is 0.0942 e. The van der Waals surface area contributed by atoms with Crippen molar-refractivity contribution in [2.75, 3.05) is 49.7 Å². The van der Waals surface area contributed by atoms with Crippen molar-refractivity contribution in [3.63, 3.8) is 0 Å². The highest BCUT2D eigenvalue weighted by molar-refractivity contribution is 5.55. The van der Waals surface area contributed by atoms with Gasteiger partial charge in [-0.25, -0.2) is 0 Å². The molecule has 0 aliphatic carbocycles. The zero-order valence-corrected chi connectivity index (χ0v) is 10.9. The van der Waals surface area contributed by atoms with Gasteiger partial charge in [0.15, 0.2) is 0 Å². The summed E-state index contributed by atoms with van der Waals surface area (Å²) in [6.45, 7) is 1.01. The highest BCUT2D eigenvalue weighted by Gasteiger charge is 2.05.